The van der Waals surface area contributed by atoms with Crippen LogP contribution in [0.4, 0.5) is 11.4 Å². The van der Waals surface area contributed by atoms with Crippen LogP contribution < -0.4 is 5.32 Å². The van der Waals surface area contributed by atoms with Crippen LogP contribution in [-0.4, -0.2) is 28.3 Å². The summed E-state index contributed by atoms with van der Waals surface area (Å²) in [4.78, 5) is 35.8. The average molecular weight is 423 g/mol. The van der Waals surface area contributed by atoms with E-state index in [1.54, 1.807) is 0 Å². The van der Waals surface area contributed by atoms with E-state index in [0.29, 0.717) is 0 Å². The van der Waals surface area contributed by atoms with Crippen molar-refractivity contribution in [3.63, 3.8) is 0 Å². The Labute approximate surface area is 144 Å². The SMILES string of the molecule is O=C1c2ccc([N+](=O)[O-])cc2C(=O)N1CNc1ccc(I)cc1. The molecule has 3 rings (SSSR count). The summed E-state index contributed by atoms with van der Waals surface area (Å²) in [5.74, 6) is -0.996. The number of halogens is 1. The molecule has 2 aromatic rings. The largest absolute Gasteiger partial charge is 0.367 e. The Kier molecular flexibility index (Phi) is 3.99. The Morgan fingerprint density at radius 3 is 2.35 bits per heavy atom. The number of amides is 2. The summed E-state index contributed by atoms with van der Waals surface area (Å²) in [7, 11) is 0. The highest BCUT2D eigenvalue weighted by molar-refractivity contribution is 14.1. The van der Waals surface area contributed by atoms with E-state index in [0.717, 1.165) is 20.2 Å². The lowest BCUT2D eigenvalue weighted by molar-refractivity contribution is -0.384. The number of hydrogen-bond donors (Lipinski definition) is 1. The average Bonchev–Trinajstić information content (AvgIpc) is 2.78. The highest BCUT2D eigenvalue weighted by atomic mass is 127. The molecule has 0 saturated heterocycles. The third-order valence-corrected chi connectivity index (χ3v) is 4.17. The molecular formula is C15H10IN3O4. The fraction of sp³-hybridized carbons (Fsp3) is 0.0667. The number of rotatable bonds is 4. The lowest BCUT2D eigenvalue weighted by atomic mass is 10.1. The summed E-state index contributed by atoms with van der Waals surface area (Å²) in [6, 6.07) is 11.2. The number of nitrogens with one attached hydrogen (secondary N) is 1. The van der Waals surface area contributed by atoms with Crippen LogP contribution in [0.2, 0.25) is 0 Å². The lowest BCUT2D eigenvalue weighted by Gasteiger charge is -2.15. The molecule has 0 bridgehead atoms. The van der Waals surface area contributed by atoms with Gasteiger partial charge in [-0.2, -0.15) is 0 Å². The second-order valence-corrected chi connectivity index (χ2v) is 6.11. The molecule has 0 aromatic heterocycles. The van der Waals surface area contributed by atoms with Crippen molar-refractivity contribution in [1.29, 1.82) is 0 Å². The van der Waals surface area contributed by atoms with Gasteiger partial charge in [-0.25, -0.2) is 0 Å². The maximum Gasteiger partial charge on any atom is 0.270 e. The second kappa shape index (κ2) is 5.95. The number of anilines is 1. The van der Waals surface area contributed by atoms with Gasteiger partial charge in [0, 0.05) is 21.4 Å². The Morgan fingerprint density at radius 1 is 1.04 bits per heavy atom. The molecule has 1 aliphatic heterocycles. The van der Waals surface area contributed by atoms with Gasteiger partial charge in [0.05, 0.1) is 22.7 Å². The monoisotopic (exact) mass is 423 g/mol. The Hall–Kier alpha value is -2.49. The number of benzene rings is 2. The number of non-ortho nitro benzene ring substituents is 1. The third kappa shape index (κ3) is 2.89. The first-order chi connectivity index (χ1) is 11.0. The number of nitrogens with zero attached hydrogens (tertiary/aromatic N) is 2. The van der Waals surface area contributed by atoms with E-state index in [-0.39, 0.29) is 23.5 Å². The summed E-state index contributed by atoms with van der Waals surface area (Å²) in [5.41, 5.74) is 0.809. The first-order valence-corrected chi connectivity index (χ1v) is 7.69. The highest BCUT2D eigenvalue weighted by Gasteiger charge is 2.36. The van der Waals surface area contributed by atoms with Crippen LogP contribution in [-0.2, 0) is 0 Å². The van der Waals surface area contributed by atoms with E-state index in [4.69, 9.17) is 0 Å². The van der Waals surface area contributed by atoms with Crippen molar-refractivity contribution < 1.29 is 14.5 Å². The molecule has 0 spiro atoms. The zero-order chi connectivity index (χ0) is 16.6. The number of fused-ring (bicyclic) bond motifs is 1. The van der Waals surface area contributed by atoms with Crippen LogP contribution in [0.1, 0.15) is 20.7 Å². The topological polar surface area (TPSA) is 92.5 Å². The molecule has 8 heteroatoms. The molecule has 0 atom stereocenters. The molecular weight excluding hydrogens is 413 g/mol. The summed E-state index contributed by atoms with van der Waals surface area (Å²) in [6.07, 6.45) is 0. The zero-order valence-corrected chi connectivity index (χ0v) is 13.8. The van der Waals surface area contributed by atoms with Gasteiger partial charge in [0.15, 0.2) is 0 Å². The molecule has 1 heterocycles. The van der Waals surface area contributed by atoms with Crippen LogP contribution in [0.3, 0.4) is 0 Å². The predicted octanol–water partition coefficient (Wildman–Crippen LogP) is 2.87. The van der Waals surface area contributed by atoms with Crippen LogP contribution in [0.25, 0.3) is 0 Å². The van der Waals surface area contributed by atoms with Gasteiger partial charge in [-0.3, -0.25) is 24.6 Å². The maximum absolute atomic E-state index is 12.3. The van der Waals surface area contributed by atoms with Gasteiger partial charge in [-0.1, -0.05) is 0 Å². The predicted molar refractivity (Wildman–Crippen MR) is 91.2 cm³/mol. The van der Waals surface area contributed by atoms with E-state index in [2.05, 4.69) is 27.9 Å². The highest BCUT2D eigenvalue weighted by Crippen LogP contribution is 2.26. The molecule has 7 nitrogen and oxygen atoms in total. The van der Waals surface area contributed by atoms with Gasteiger partial charge >= 0.3 is 0 Å². The minimum atomic E-state index is -0.593. The fourth-order valence-electron chi connectivity index (χ4n) is 2.27. The van der Waals surface area contributed by atoms with E-state index >= 15 is 0 Å². The van der Waals surface area contributed by atoms with Gasteiger partial charge in [-0.15, -0.1) is 0 Å². The number of imide groups is 1. The smallest absolute Gasteiger partial charge is 0.270 e. The zero-order valence-electron chi connectivity index (χ0n) is 11.7. The molecule has 1 N–H and O–H groups in total. The maximum atomic E-state index is 12.3. The van der Waals surface area contributed by atoms with Crippen molar-refractivity contribution in [2.24, 2.45) is 0 Å². The van der Waals surface area contributed by atoms with Gasteiger partial charge < -0.3 is 5.32 Å². The normalized spacial score (nSPS) is 13.2. The molecule has 0 unspecified atom stereocenters. The minimum Gasteiger partial charge on any atom is -0.367 e. The molecule has 116 valence electrons. The van der Waals surface area contributed by atoms with Crippen molar-refractivity contribution in [3.8, 4) is 0 Å². The molecule has 2 aromatic carbocycles. The molecule has 0 saturated carbocycles. The van der Waals surface area contributed by atoms with Gasteiger partial charge in [0.1, 0.15) is 0 Å². The fourth-order valence-corrected chi connectivity index (χ4v) is 2.63. The van der Waals surface area contributed by atoms with Crippen molar-refractivity contribution >= 4 is 45.8 Å². The molecule has 0 fully saturated rings. The summed E-state index contributed by atoms with van der Waals surface area (Å²) >= 11 is 2.18. The summed E-state index contributed by atoms with van der Waals surface area (Å²) in [6.45, 7) is 0.000731. The first-order valence-electron chi connectivity index (χ1n) is 6.61. The summed E-state index contributed by atoms with van der Waals surface area (Å²) in [5, 5.41) is 13.8. The van der Waals surface area contributed by atoms with Crippen LogP contribution in [0, 0.1) is 13.7 Å². The summed E-state index contributed by atoms with van der Waals surface area (Å²) < 4.78 is 1.07. The van der Waals surface area contributed by atoms with Crippen molar-refractivity contribution in [3.05, 3.63) is 67.3 Å². The van der Waals surface area contributed by atoms with Gasteiger partial charge in [0.25, 0.3) is 17.5 Å². The van der Waals surface area contributed by atoms with E-state index in [1.807, 2.05) is 24.3 Å². The quantitative estimate of drug-likeness (QED) is 0.354. The van der Waals surface area contributed by atoms with Crippen molar-refractivity contribution in [2.45, 2.75) is 0 Å². The Balaban J connectivity index is 1.79. The van der Waals surface area contributed by atoms with Crippen LogP contribution in [0.5, 0.6) is 0 Å². The van der Waals surface area contributed by atoms with Gasteiger partial charge in [-0.05, 0) is 52.9 Å². The molecule has 0 radical (unpaired) electrons. The van der Waals surface area contributed by atoms with Crippen molar-refractivity contribution in [1.82, 2.24) is 4.90 Å². The number of carbonyl (C=O) groups is 2. The number of carbonyl (C=O) groups excluding carboxylic acids is 2. The molecule has 1 aliphatic rings. The van der Waals surface area contributed by atoms with E-state index in [9.17, 15) is 19.7 Å². The third-order valence-electron chi connectivity index (χ3n) is 3.45. The Bertz CT molecular complexity index is 820. The molecule has 23 heavy (non-hydrogen) atoms. The minimum absolute atomic E-state index is 0.000731. The van der Waals surface area contributed by atoms with E-state index in [1.165, 1.54) is 12.1 Å². The number of nitro benzene ring substituents is 1. The standard InChI is InChI=1S/C15H10IN3O4/c16-9-1-3-10(4-2-9)17-8-18-14(20)12-6-5-11(19(22)23)7-13(12)15(18)21/h1-7,17H,8H2. The van der Waals surface area contributed by atoms with Crippen LogP contribution in [0.15, 0.2) is 42.5 Å². The second-order valence-electron chi connectivity index (χ2n) is 4.87. The molecule has 0 aliphatic carbocycles. The van der Waals surface area contributed by atoms with Crippen LogP contribution >= 0.6 is 22.6 Å². The van der Waals surface area contributed by atoms with Crippen molar-refractivity contribution in [2.75, 3.05) is 12.0 Å². The first kappa shape index (κ1) is 15.4. The number of hydrogen-bond acceptors (Lipinski definition) is 5. The lowest BCUT2D eigenvalue weighted by Crippen LogP contribution is -2.34. The molecule has 2 amide bonds. The number of nitro groups is 1. The Morgan fingerprint density at radius 2 is 1.70 bits per heavy atom. The van der Waals surface area contributed by atoms with E-state index < -0.39 is 16.7 Å². The van der Waals surface area contributed by atoms with Gasteiger partial charge in [0.2, 0.25) is 0 Å².